The van der Waals surface area contributed by atoms with E-state index in [2.05, 4.69) is 0 Å². The Bertz CT molecular complexity index is 474. The van der Waals surface area contributed by atoms with Crippen LogP contribution in [0.5, 0.6) is 0 Å². The summed E-state index contributed by atoms with van der Waals surface area (Å²) in [5, 5.41) is 2.03. The van der Waals surface area contributed by atoms with E-state index in [0.29, 0.717) is 24.8 Å². The van der Waals surface area contributed by atoms with Crippen LogP contribution in [0.2, 0.25) is 0 Å². The molecule has 17 heavy (non-hydrogen) atoms. The molecule has 0 unspecified atom stereocenters. The summed E-state index contributed by atoms with van der Waals surface area (Å²) >= 11 is 14.6. The molecule has 0 fully saturated rings. The third kappa shape index (κ3) is 2.94. The molecule has 0 bridgehead atoms. The number of amides is 1. The Balaban J connectivity index is 2.19. The summed E-state index contributed by atoms with van der Waals surface area (Å²) in [6, 6.07) is 3.98. The molecule has 0 spiro atoms. The van der Waals surface area contributed by atoms with Gasteiger partial charge in [-0.3, -0.25) is 4.79 Å². The Morgan fingerprint density at radius 2 is 1.94 bits per heavy atom. The van der Waals surface area contributed by atoms with Gasteiger partial charge in [0.2, 0.25) is 0 Å². The minimum Gasteiger partial charge on any atom is -0.336 e. The molecular weight excluding hydrogens is 297 g/mol. The van der Waals surface area contributed by atoms with Crippen LogP contribution in [-0.2, 0) is 0 Å². The number of carbonyl (C=O) groups is 1. The van der Waals surface area contributed by atoms with Crippen molar-refractivity contribution in [2.75, 3.05) is 24.8 Å². The summed E-state index contributed by atoms with van der Waals surface area (Å²) < 4.78 is 2.32. The maximum Gasteiger partial charge on any atom is 0.264 e. The lowest BCUT2D eigenvalue weighted by molar-refractivity contribution is 0.0780. The number of alkyl halides is 2. The lowest BCUT2D eigenvalue weighted by Gasteiger charge is -2.19. The number of rotatable bonds is 5. The van der Waals surface area contributed by atoms with Crippen molar-refractivity contribution in [2.45, 2.75) is 0 Å². The van der Waals surface area contributed by atoms with Crippen LogP contribution in [0.4, 0.5) is 0 Å². The van der Waals surface area contributed by atoms with Gasteiger partial charge in [0.1, 0.15) is 0 Å². The first-order valence-corrected chi connectivity index (χ1v) is 7.91. The van der Waals surface area contributed by atoms with Crippen molar-refractivity contribution in [3.63, 3.8) is 0 Å². The summed E-state index contributed by atoms with van der Waals surface area (Å²) in [4.78, 5) is 14.7. The van der Waals surface area contributed by atoms with Gasteiger partial charge in [0, 0.05) is 34.2 Å². The molecule has 2 aromatic heterocycles. The first-order chi connectivity index (χ1) is 8.26. The van der Waals surface area contributed by atoms with Crippen LogP contribution in [0.3, 0.4) is 0 Å². The average Bonchev–Trinajstić information content (AvgIpc) is 2.87. The molecule has 0 aliphatic carbocycles. The van der Waals surface area contributed by atoms with E-state index >= 15 is 0 Å². The zero-order valence-corrected chi connectivity index (χ0v) is 12.1. The van der Waals surface area contributed by atoms with Crippen LogP contribution in [0.1, 0.15) is 9.67 Å². The van der Waals surface area contributed by atoms with Gasteiger partial charge in [-0.05, 0) is 17.5 Å². The van der Waals surface area contributed by atoms with Crippen molar-refractivity contribution < 1.29 is 4.79 Å². The highest BCUT2D eigenvalue weighted by Gasteiger charge is 2.17. The van der Waals surface area contributed by atoms with E-state index in [1.165, 1.54) is 11.3 Å². The second-order valence-electron chi connectivity index (χ2n) is 3.43. The standard InChI is InChI=1S/C11H11Cl2NOS2/c12-2-4-14(5-3-13)11(15)10-7-9-8(17-10)1-6-16-9/h1,6-7H,2-5H2. The zero-order valence-electron chi connectivity index (χ0n) is 8.99. The molecule has 0 radical (unpaired) electrons. The van der Waals surface area contributed by atoms with Crippen molar-refractivity contribution in [1.82, 2.24) is 4.90 Å². The fraction of sp³-hybridized carbons (Fsp3) is 0.364. The van der Waals surface area contributed by atoms with Gasteiger partial charge in [-0.25, -0.2) is 0 Å². The van der Waals surface area contributed by atoms with E-state index in [1.807, 2.05) is 17.5 Å². The second-order valence-corrected chi connectivity index (χ2v) is 6.22. The van der Waals surface area contributed by atoms with Crippen molar-refractivity contribution in [3.05, 3.63) is 22.4 Å². The highest BCUT2D eigenvalue weighted by Crippen LogP contribution is 2.30. The van der Waals surface area contributed by atoms with E-state index in [-0.39, 0.29) is 5.91 Å². The predicted octanol–water partition coefficient (Wildman–Crippen LogP) is 3.88. The monoisotopic (exact) mass is 307 g/mol. The highest BCUT2D eigenvalue weighted by molar-refractivity contribution is 7.27. The quantitative estimate of drug-likeness (QED) is 0.768. The summed E-state index contributed by atoms with van der Waals surface area (Å²) in [6.45, 7) is 1.08. The SMILES string of the molecule is O=C(c1cc2sccc2s1)N(CCCl)CCCl. The Labute approximate surface area is 118 Å². The Hall–Kier alpha value is -0.290. The van der Waals surface area contributed by atoms with E-state index < -0.39 is 0 Å². The van der Waals surface area contributed by atoms with Gasteiger partial charge in [-0.1, -0.05) is 0 Å². The van der Waals surface area contributed by atoms with Gasteiger partial charge in [0.25, 0.3) is 5.91 Å². The summed E-state index contributed by atoms with van der Waals surface area (Å²) in [5.74, 6) is 0.893. The molecule has 0 aliphatic heterocycles. The number of carbonyl (C=O) groups excluding carboxylic acids is 1. The van der Waals surface area contributed by atoms with Crippen molar-refractivity contribution in [3.8, 4) is 0 Å². The zero-order chi connectivity index (χ0) is 12.3. The highest BCUT2D eigenvalue weighted by atomic mass is 35.5. The molecule has 2 aromatic rings. The van der Waals surface area contributed by atoms with Crippen LogP contribution in [0.25, 0.3) is 9.40 Å². The molecule has 1 amide bonds. The number of thiophene rings is 2. The fourth-order valence-electron chi connectivity index (χ4n) is 1.55. The molecule has 2 heterocycles. The first kappa shape index (κ1) is 13.1. The van der Waals surface area contributed by atoms with E-state index in [1.54, 1.807) is 16.2 Å². The smallest absolute Gasteiger partial charge is 0.264 e. The molecule has 0 aromatic carbocycles. The summed E-state index contributed by atoms with van der Waals surface area (Å²) in [5.41, 5.74) is 0. The van der Waals surface area contributed by atoms with Gasteiger partial charge in [0.05, 0.1) is 4.88 Å². The minimum absolute atomic E-state index is 0.0275. The Morgan fingerprint density at radius 3 is 2.53 bits per heavy atom. The van der Waals surface area contributed by atoms with Crippen molar-refractivity contribution in [1.29, 1.82) is 0 Å². The summed E-state index contributed by atoms with van der Waals surface area (Å²) in [6.07, 6.45) is 0. The predicted molar refractivity (Wildman–Crippen MR) is 77.0 cm³/mol. The largest absolute Gasteiger partial charge is 0.336 e. The van der Waals surface area contributed by atoms with Crippen LogP contribution < -0.4 is 0 Å². The molecule has 2 rings (SSSR count). The minimum atomic E-state index is 0.0275. The third-order valence-electron chi connectivity index (χ3n) is 2.35. The van der Waals surface area contributed by atoms with E-state index in [0.717, 1.165) is 14.3 Å². The van der Waals surface area contributed by atoms with Gasteiger partial charge < -0.3 is 4.90 Å². The maximum atomic E-state index is 12.2. The van der Waals surface area contributed by atoms with Gasteiger partial charge in [-0.2, -0.15) is 0 Å². The topological polar surface area (TPSA) is 20.3 Å². The second kappa shape index (κ2) is 6.05. The maximum absolute atomic E-state index is 12.2. The third-order valence-corrected chi connectivity index (χ3v) is 4.77. The van der Waals surface area contributed by atoms with Crippen molar-refractivity contribution >= 4 is 61.2 Å². The van der Waals surface area contributed by atoms with Gasteiger partial charge >= 0.3 is 0 Å². The molecule has 92 valence electrons. The molecule has 0 saturated heterocycles. The molecule has 0 saturated carbocycles. The van der Waals surface area contributed by atoms with Gasteiger partial charge in [-0.15, -0.1) is 45.9 Å². The van der Waals surface area contributed by atoms with Gasteiger partial charge in [0.15, 0.2) is 0 Å². The Morgan fingerprint density at radius 1 is 1.24 bits per heavy atom. The lowest BCUT2D eigenvalue weighted by atomic mass is 10.4. The Kier molecular flexibility index (Phi) is 4.68. The normalized spacial score (nSPS) is 10.9. The van der Waals surface area contributed by atoms with Crippen LogP contribution in [0.15, 0.2) is 17.5 Å². The molecule has 0 N–H and O–H groups in total. The molecule has 6 heteroatoms. The fourth-order valence-corrected chi connectivity index (χ4v) is 4.03. The number of halogens is 2. The van der Waals surface area contributed by atoms with E-state index in [9.17, 15) is 4.79 Å². The molecule has 0 atom stereocenters. The van der Waals surface area contributed by atoms with E-state index in [4.69, 9.17) is 23.2 Å². The van der Waals surface area contributed by atoms with Crippen LogP contribution in [0, 0.1) is 0 Å². The van der Waals surface area contributed by atoms with Crippen molar-refractivity contribution in [2.24, 2.45) is 0 Å². The average molecular weight is 308 g/mol. The molecule has 0 aliphatic rings. The molecular formula is C11H11Cl2NOS2. The number of nitrogens with zero attached hydrogens (tertiary/aromatic N) is 1. The van der Waals surface area contributed by atoms with Crippen LogP contribution >= 0.6 is 45.9 Å². The number of hydrogen-bond donors (Lipinski definition) is 0. The molecule has 2 nitrogen and oxygen atoms in total. The number of hydrogen-bond acceptors (Lipinski definition) is 3. The number of fused-ring (bicyclic) bond motifs is 1. The van der Waals surface area contributed by atoms with Crippen LogP contribution in [-0.4, -0.2) is 35.7 Å². The summed E-state index contributed by atoms with van der Waals surface area (Å²) in [7, 11) is 0. The first-order valence-electron chi connectivity index (χ1n) is 5.14. The lowest BCUT2D eigenvalue weighted by Crippen LogP contribution is -2.33.